The molecule has 0 bridgehead atoms. The average Bonchev–Trinajstić information content (AvgIpc) is 2.93. The molecule has 0 saturated carbocycles. The fourth-order valence-corrected chi connectivity index (χ4v) is 3.36. The van der Waals surface area contributed by atoms with E-state index in [9.17, 15) is 14.4 Å². The number of ketones is 1. The summed E-state index contributed by atoms with van der Waals surface area (Å²) in [6, 6.07) is 5.05. The summed E-state index contributed by atoms with van der Waals surface area (Å²) in [5.41, 5.74) is 3.64. The van der Waals surface area contributed by atoms with Crippen molar-refractivity contribution in [2.75, 3.05) is 17.2 Å². The van der Waals surface area contributed by atoms with Crippen molar-refractivity contribution in [2.45, 2.75) is 26.2 Å². The van der Waals surface area contributed by atoms with E-state index in [2.05, 4.69) is 15.6 Å². The Balaban J connectivity index is 1.60. The molecule has 0 atom stereocenters. The summed E-state index contributed by atoms with van der Waals surface area (Å²) in [7, 11) is 0. The average molecular weight is 339 g/mol. The lowest BCUT2D eigenvalue weighted by atomic mass is 9.94. The molecule has 1 aromatic carbocycles. The van der Waals surface area contributed by atoms with Gasteiger partial charge in [0.2, 0.25) is 0 Å². The number of rotatable bonds is 2. The standard InChI is InChI=1S/C18H17N3O4/c1-9-16-11(3-2-4-13(16)22)21-17(9)18(24)19-10-5-6-14-12(7-10)20-15(23)8-25-14/h5-7,21H,2-4,8H2,1H3,(H,19,24)(H,20,23). The number of carbonyl (C=O) groups excluding carboxylic acids is 3. The van der Waals surface area contributed by atoms with Crippen LogP contribution in [0, 0.1) is 6.92 Å². The number of aryl methyl sites for hydroxylation is 1. The molecule has 1 aliphatic heterocycles. The third kappa shape index (κ3) is 2.67. The molecule has 2 heterocycles. The number of anilines is 2. The predicted molar refractivity (Wildman–Crippen MR) is 91.3 cm³/mol. The third-order valence-corrected chi connectivity index (χ3v) is 4.53. The molecule has 3 N–H and O–H groups in total. The van der Waals surface area contributed by atoms with E-state index in [1.54, 1.807) is 25.1 Å². The first-order valence-electron chi connectivity index (χ1n) is 8.15. The number of ether oxygens (including phenoxy) is 1. The maximum atomic E-state index is 12.6. The maximum Gasteiger partial charge on any atom is 0.272 e. The van der Waals surface area contributed by atoms with E-state index in [0.29, 0.717) is 40.4 Å². The molecule has 25 heavy (non-hydrogen) atoms. The summed E-state index contributed by atoms with van der Waals surface area (Å²) in [5, 5.41) is 5.50. The number of carbonyl (C=O) groups is 3. The molecule has 2 aromatic rings. The van der Waals surface area contributed by atoms with Gasteiger partial charge in [0.25, 0.3) is 11.8 Å². The molecule has 2 aliphatic rings. The van der Waals surface area contributed by atoms with Crippen LogP contribution in [-0.4, -0.2) is 29.2 Å². The molecule has 1 aromatic heterocycles. The number of hydrogen-bond donors (Lipinski definition) is 3. The highest BCUT2D eigenvalue weighted by molar-refractivity contribution is 6.09. The van der Waals surface area contributed by atoms with Crippen molar-refractivity contribution in [1.82, 2.24) is 4.98 Å². The number of nitrogens with one attached hydrogen (secondary N) is 3. The SMILES string of the molecule is Cc1c(C(=O)Nc2ccc3c(c2)NC(=O)CO3)[nH]c2c1C(=O)CCC2. The maximum absolute atomic E-state index is 12.6. The van der Waals surface area contributed by atoms with E-state index in [0.717, 1.165) is 18.5 Å². The molecule has 0 unspecified atom stereocenters. The Morgan fingerprint density at radius 2 is 2.08 bits per heavy atom. The highest BCUT2D eigenvalue weighted by Gasteiger charge is 2.26. The lowest BCUT2D eigenvalue weighted by Crippen LogP contribution is -2.25. The van der Waals surface area contributed by atoms with E-state index in [4.69, 9.17) is 4.74 Å². The molecule has 0 fully saturated rings. The summed E-state index contributed by atoms with van der Waals surface area (Å²) in [5.74, 6) is 0.0995. The molecule has 0 radical (unpaired) electrons. The van der Waals surface area contributed by atoms with E-state index in [1.807, 2.05) is 0 Å². The van der Waals surface area contributed by atoms with Crippen LogP contribution in [0.1, 0.15) is 44.9 Å². The second-order valence-electron chi connectivity index (χ2n) is 6.26. The Bertz CT molecular complexity index is 913. The Kier molecular flexibility index (Phi) is 3.56. The van der Waals surface area contributed by atoms with Gasteiger partial charge in [-0.2, -0.15) is 0 Å². The van der Waals surface area contributed by atoms with E-state index in [-0.39, 0.29) is 24.2 Å². The molecule has 7 nitrogen and oxygen atoms in total. The van der Waals surface area contributed by atoms with Crippen LogP contribution in [0.25, 0.3) is 0 Å². The lowest BCUT2D eigenvalue weighted by Gasteiger charge is -2.18. The minimum Gasteiger partial charge on any atom is -0.482 e. The van der Waals surface area contributed by atoms with Crippen LogP contribution in [0.5, 0.6) is 5.75 Å². The fraction of sp³-hybridized carbons (Fsp3) is 0.278. The number of H-pyrrole nitrogens is 1. The summed E-state index contributed by atoms with van der Waals surface area (Å²) < 4.78 is 5.30. The van der Waals surface area contributed by atoms with Crippen molar-refractivity contribution >= 4 is 29.0 Å². The molecular weight excluding hydrogens is 322 g/mol. The highest BCUT2D eigenvalue weighted by atomic mass is 16.5. The van der Waals surface area contributed by atoms with Crippen molar-refractivity contribution in [2.24, 2.45) is 0 Å². The van der Waals surface area contributed by atoms with Crippen LogP contribution in [0.2, 0.25) is 0 Å². The summed E-state index contributed by atoms with van der Waals surface area (Å²) >= 11 is 0. The monoisotopic (exact) mass is 339 g/mol. The third-order valence-electron chi connectivity index (χ3n) is 4.53. The molecule has 2 amide bonds. The number of Topliss-reactive ketones (excluding diaryl/α,β-unsaturated/α-hetero) is 1. The van der Waals surface area contributed by atoms with Gasteiger partial charge in [0.1, 0.15) is 11.4 Å². The number of hydrogen-bond acceptors (Lipinski definition) is 4. The molecule has 7 heteroatoms. The van der Waals surface area contributed by atoms with Crippen molar-refractivity contribution in [3.63, 3.8) is 0 Å². The number of aromatic amines is 1. The van der Waals surface area contributed by atoms with Crippen molar-refractivity contribution in [1.29, 1.82) is 0 Å². The number of benzene rings is 1. The van der Waals surface area contributed by atoms with Crippen LogP contribution in [-0.2, 0) is 11.2 Å². The van der Waals surface area contributed by atoms with Gasteiger partial charge in [-0.25, -0.2) is 0 Å². The first-order chi connectivity index (χ1) is 12.0. The van der Waals surface area contributed by atoms with Crippen molar-refractivity contribution in [3.05, 3.63) is 40.7 Å². The van der Waals surface area contributed by atoms with Gasteiger partial charge in [-0.1, -0.05) is 0 Å². The van der Waals surface area contributed by atoms with Gasteiger partial charge in [0, 0.05) is 23.4 Å². The molecular formula is C18H17N3O4. The fourth-order valence-electron chi connectivity index (χ4n) is 3.36. The number of aromatic nitrogens is 1. The van der Waals surface area contributed by atoms with E-state index >= 15 is 0 Å². The zero-order chi connectivity index (χ0) is 17.6. The number of fused-ring (bicyclic) bond motifs is 2. The predicted octanol–water partition coefficient (Wildman–Crippen LogP) is 2.43. The topological polar surface area (TPSA) is 100 Å². The van der Waals surface area contributed by atoms with Crippen LogP contribution in [0.3, 0.4) is 0 Å². The van der Waals surface area contributed by atoms with E-state index in [1.165, 1.54) is 0 Å². The summed E-state index contributed by atoms with van der Waals surface area (Å²) in [4.78, 5) is 39.2. The van der Waals surface area contributed by atoms with Crippen molar-refractivity contribution in [3.8, 4) is 5.75 Å². The Hall–Kier alpha value is -3.09. The van der Waals surface area contributed by atoms with Gasteiger partial charge >= 0.3 is 0 Å². The van der Waals surface area contributed by atoms with Crippen molar-refractivity contribution < 1.29 is 19.1 Å². The summed E-state index contributed by atoms with van der Waals surface area (Å²) in [6.07, 6.45) is 2.10. The molecule has 128 valence electrons. The van der Waals surface area contributed by atoms with Crippen LogP contribution in [0.15, 0.2) is 18.2 Å². The normalized spacial score (nSPS) is 15.7. The Morgan fingerprint density at radius 3 is 2.88 bits per heavy atom. The van der Waals surface area contributed by atoms with Crippen LogP contribution < -0.4 is 15.4 Å². The second-order valence-corrected chi connectivity index (χ2v) is 6.26. The largest absolute Gasteiger partial charge is 0.482 e. The van der Waals surface area contributed by atoms with Crippen LogP contribution >= 0.6 is 0 Å². The number of amides is 2. The Labute approximate surface area is 143 Å². The van der Waals surface area contributed by atoms with Gasteiger partial charge in [-0.3, -0.25) is 14.4 Å². The quantitative estimate of drug-likeness (QED) is 0.782. The van der Waals surface area contributed by atoms with Crippen LogP contribution in [0.4, 0.5) is 11.4 Å². The second kappa shape index (κ2) is 5.77. The summed E-state index contributed by atoms with van der Waals surface area (Å²) in [6.45, 7) is 1.77. The van der Waals surface area contributed by atoms with E-state index < -0.39 is 0 Å². The zero-order valence-corrected chi connectivity index (χ0v) is 13.7. The molecule has 0 saturated heterocycles. The van der Waals surface area contributed by atoms with Gasteiger partial charge in [0.15, 0.2) is 12.4 Å². The molecule has 0 spiro atoms. The van der Waals surface area contributed by atoms with Gasteiger partial charge in [0.05, 0.1) is 5.69 Å². The highest BCUT2D eigenvalue weighted by Crippen LogP contribution is 2.31. The smallest absolute Gasteiger partial charge is 0.272 e. The first-order valence-corrected chi connectivity index (χ1v) is 8.15. The lowest BCUT2D eigenvalue weighted by molar-refractivity contribution is -0.118. The van der Waals surface area contributed by atoms with Gasteiger partial charge in [-0.15, -0.1) is 0 Å². The van der Waals surface area contributed by atoms with Gasteiger partial charge in [-0.05, 0) is 43.5 Å². The Morgan fingerprint density at radius 1 is 1.24 bits per heavy atom. The first kappa shape index (κ1) is 15.4. The molecule has 1 aliphatic carbocycles. The minimum absolute atomic E-state index is 0.0139. The minimum atomic E-state index is -0.317. The molecule has 4 rings (SSSR count). The van der Waals surface area contributed by atoms with Gasteiger partial charge < -0.3 is 20.4 Å². The zero-order valence-electron chi connectivity index (χ0n) is 13.7.